The molecule has 8 heteroatoms. The highest BCUT2D eigenvalue weighted by Crippen LogP contribution is 2.38. The zero-order valence-corrected chi connectivity index (χ0v) is 16.9. The number of hydrogen-bond donors (Lipinski definition) is 0. The summed E-state index contributed by atoms with van der Waals surface area (Å²) >= 11 is 4.24. The van der Waals surface area contributed by atoms with Crippen LogP contribution < -0.4 is 9.47 Å². The molecule has 0 N–H and O–H groups in total. The van der Waals surface area contributed by atoms with Gasteiger partial charge in [-0.1, -0.05) is 34.1 Å². The van der Waals surface area contributed by atoms with E-state index in [0.29, 0.717) is 21.5 Å². The number of nitrogens with zero attached hydrogens (tertiary/aromatic N) is 1. The second-order valence-electron chi connectivity index (χ2n) is 5.59. The van der Waals surface area contributed by atoms with Crippen LogP contribution in [0.1, 0.15) is 11.1 Å². The van der Waals surface area contributed by atoms with Crippen molar-refractivity contribution < 1.29 is 23.5 Å². The largest absolute Gasteiger partial charge is 0.493 e. The molecule has 1 aliphatic heterocycles. The summed E-state index contributed by atoms with van der Waals surface area (Å²) < 4.78 is 25.0. The van der Waals surface area contributed by atoms with Gasteiger partial charge in [-0.2, -0.15) is 0 Å². The fraction of sp³-hybridized carbons (Fsp3) is 0.158. The van der Waals surface area contributed by atoms with Crippen molar-refractivity contribution in [3.8, 4) is 11.5 Å². The summed E-state index contributed by atoms with van der Waals surface area (Å²) in [6, 6.07) is 9.48. The molecule has 140 valence electrons. The maximum Gasteiger partial charge on any atom is 0.293 e. The number of methoxy groups -OCH3 is 2. The molecule has 27 heavy (non-hydrogen) atoms. The van der Waals surface area contributed by atoms with Crippen LogP contribution in [0.15, 0.2) is 45.8 Å². The first-order chi connectivity index (χ1) is 12.9. The first-order valence-corrected chi connectivity index (χ1v) is 9.46. The fourth-order valence-electron chi connectivity index (χ4n) is 2.56. The average Bonchev–Trinajstić information content (AvgIpc) is 2.92. The molecule has 5 nitrogen and oxygen atoms in total. The van der Waals surface area contributed by atoms with Crippen molar-refractivity contribution in [2.24, 2.45) is 0 Å². The molecule has 1 fully saturated rings. The average molecular weight is 452 g/mol. The Hall–Kier alpha value is -2.32. The first kappa shape index (κ1) is 19.4. The van der Waals surface area contributed by atoms with Crippen LogP contribution in [-0.2, 0) is 11.3 Å². The van der Waals surface area contributed by atoms with Crippen LogP contribution in [0.25, 0.3) is 6.08 Å². The zero-order valence-electron chi connectivity index (χ0n) is 14.5. The van der Waals surface area contributed by atoms with Crippen molar-refractivity contribution in [3.63, 3.8) is 0 Å². The van der Waals surface area contributed by atoms with Gasteiger partial charge in [0.2, 0.25) is 0 Å². The van der Waals surface area contributed by atoms with Crippen molar-refractivity contribution in [3.05, 3.63) is 62.7 Å². The second-order valence-corrected chi connectivity index (χ2v) is 7.44. The SMILES string of the molecule is COc1cc(Br)c(/C=C2\SC(=O)N(Cc3ccccc3F)C2=O)cc1OC. The van der Waals surface area contributed by atoms with E-state index in [-0.39, 0.29) is 17.0 Å². The Morgan fingerprint density at radius 3 is 2.48 bits per heavy atom. The minimum absolute atomic E-state index is 0.109. The minimum atomic E-state index is -0.463. The van der Waals surface area contributed by atoms with Gasteiger partial charge in [-0.25, -0.2) is 4.39 Å². The quantitative estimate of drug-likeness (QED) is 0.608. The van der Waals surface area contributed by atoms with E-state index in [1.165, 1.54) is 20.3 Å². The maximum absolute atomic E-state index is 13.8. The summed E-state index contributed by atoms with van der Waals surface area (Å²) in [4.78, 5) is 26.2. The van der Waals surface area contributed by atoms with E-state index >= 15 is 0 Å². The second kappa shape index (κ2) is 8.14. The lowest BCUT2D eigenvalue weighted by Gasteiger charge is -2.13. The van der Waals surface area contributed by atoms with E-state index in [1.54, 1.807) is 36.4 Å². The van der Waals surface area contributed by atoms with Gasteiger partial charge in [0.25, 0.3) is 11.1 Å². The van der Waals surface area contributed by atoms with E-state index in [4.69, 9.17) is 9.47 Å². The smallest absolute Gasteiger partial charge is 0.293 e. The Bertz CT molecular complexity index is 947. The molecule has 0 aliphatic carbocycles. The number of imide groups is 1. The predicted octanol–water partition coefficient (Wildman–Crippen LogP) is 4.84. The van der Waals surface area contributed by atoms with Gasteiger partial charge < -0.3 is 9.47 Å². The number of benzene rings is 2. The summed E-state index contributed by atoms with van der Waals surface area (Å²) in [5.41, 5.74) is 0.942. The highest BCUT2D eigenvalue weighted by Gasteiger charge is 2.35. The standard InChI is InChI=1S/C19H15BrFNO4S/c1-25-15-7-12(13(20)9-16(15)26-2)8-17-18(23)22(19(24)27-17)10-11-5-3-4-6-14(11)21/h3-9H,10H2,1-2H3/b17-8-. The number of carbonyl (C=O) groups excluding carboxylic acids is 2. The Labute approximate surface area is 168 Å². The predicted molar refractivity (Wildman–Crippen MR) is 105 cm³/mol. The van der Waals surface area contributed by atoms with Crippen LogP contribution in [0, 0.1) is 5.82 Å². The van der Waals surface area contributed by atoms with Crippen molar-refractivity contribution in [2.75, 3.05) is 14.2 Å². The molecule has 0 bridgehead atoms. The molecule has 0 unspecified atom stereocenters. The Morgan fingerprint density at radius 1 is 1.15 bits per heavy atom. The molecule has 0 aromatic heterocycles. The van der Waals surface area contributed by atoms with Crippen molar-refractivity contribution >= 4 is 44.9 Å². The van der Waals surface area contributed by atoms with Gasteiger partial charge in [0.1, 0.15) is 5.82 Å². The lowest BCUT2D eigenvalue weighted by atomic mass is 10.1. The number of hydrogen-bond acceptors (Lipinski definition) is 5. The molecule has 0 spiro atoms. The van der Waals surface area contributed by atoms with Crippen LogP contribution in [-0.4, -0.2) is 30.3 Å². The molecule has 1 heterocycles. The topological polar surface area (TPSA) is 55.8 Å². The third-order valence-corrected chi connectivity index (χ3v) is 5.54. The van der Waals surface area contributed by atoms with Gasteiger partial charge in [-0.3, -0.25) is 14.5 Å². The Balaban J connectivity index is 1.90. The van der Waals surface area contributed by atoms with Gasteiger partial charge in [-0.05, 0) is 41.6 Å². The maximum atomic E-state index is 13.8. The number of ether oxygens (including phenoxy) is 2. The van der Waals surface area contributed by atoms with E-state index in [0.717, 1.165) is 16.7 Å². The molecule has 3 rings (SSSR count). The molecule has 1 aliphatic rings. The van der Waals surface area contributed by atoms with E-state index in [9.17, 15) is 14.0 Å². The van der Waals surface area contributed by atoms with Gasteiger partial charge in [0.15, 0.2) is 11.5 Å². The van der Waals surface area contributed by atoms with E-state index < -0.39 is 17.0 Å². The molecular weight excluding hydrogens is 437 g/mol. The van der Waals surface area contributed by atoms with Gasteiger partial charge >= 0.3 is 0 Å². The molecule has 1 saturated heterocycles. The van der Waals surface area contributed by atoms with Crippen molar-refractivity contribution in [1.29, 1.82) is 0 Å². The zero-order chi connectivity index (χ0) is 19.6. The number of halogens is 2. The number of carbonyl (C=O) groups is 2. The molecule has 2 aromatic carbocycles. The van der Waals surface area contributed by atoms with Crippen LogP contribution in [0.2, 0.25) is 0 Å². The number of amides is 2. The van der Waals surface area contributed by atoms with E-state index in [2.05, 4.69) is 15.9 Å². The lowest BCUT2D eigenvalue weighted by molar-refractivity contribution is -0.123. The fourth-order valence-corrected chi connectivity index (χ4v) is 3.82. The highest BCUT2D eigenvalue weighted by atomic mass is 79.9. The summed E-state index contributed by atoms with van der Waals surface area (Å²) in [7, 11) is 3.04. The molecule has 2 aromatic rings. The number of rotatable bonds is 5. The van der Waals surface area contributed by atoms with Crippen molar-refractivity contribution in [1.82, 2.24) is 4.90 Å². The normalized spacial score (nSPS) is 15.6. The Kier molecular flexibility index (Phi) is 5.86. The van der Waals surface area contributed by atoms with Crippen LogP contribution in [0.5, 0.6) is 11.5 Å². The summed E-state index contributed by atoms with van der Waals surface area (Å²) in [6.07, 6.45) is 1.60. The molecule has 2 amide bonds. The van der Waals surface area contributed by atoms with Crippen molar-refractivity contribution in [2.45, 2.75) is 6.54 Å². The van der Waals surface area contributed by atoms with Gasteiger partial charge in [-0.15, -0.1) is 0 Å². The lowest BCUT2D eigenvalue weighted by Crippen LogP contribution is -2.27. The van der Waals surface area contributed by atoms with Crippen LogP contribution in [0.4, 0.5) is 9.18 Å². The third-order valence-electron chi connectivity index (χ3n) is 3.95. The molecule has 0 saturated carbocycles. The third kappa shape index (κ3) is 4.01. The monoisotopic (exact) mass is 451 g/mol. The van der Waals surface area contributed by atoms with Gasteiger partial charge in [0.05, 0.1) is 25.7 Å². The molecule has 0 radical (unpaired) electrons. The molecular formula is C19H15BrFNO4S. The highest BCUT2D eigenvalue weighted by molar-refractivity contribution is 9.10. The van der Waals surface area contributed by atoms with Gasteiger partial charge in [0, 0.05) is 10.0 Å². The van der Waals surface area contributed by atoms with Crippen LogP contribution >= 0.6 is 27.7 Å². The van der Waals surface area contributed by atoms with E-state index in [1.807, 2.05) is 0 Å². The van der Waals surface area contributed by atoms with Crippen LogP contribution in [0.3, 0.4) is 0 Å². The Morgan fingerprint density at radius 2 is 1.81 bits per heavy atom. The first-order valence-electron chi connectivity index (χ1n) is 7.85. The minimum Gasteiger partial charge on any atom is -0.493 e. The summed E-state index contributed by atoms with van der Waals surface area (Å²) in [5, 5.41) is -0.439. The summed E-state index contributed by atoms with van der Waals surface area (Å²) in [5.74, 6) is 0.116. The molecule has 0 atom stereocenters. The summed E-state index contributed by atoms with van der Waals surface area (Å²) in [6.45, 7) is -0.109. The number of thioether (sulfide) groups is 1.